The third kappa shape index (κ3) is 5.39. The van der Waals surface area contributed by atoms with Crippen LogP contribution in [0.4, 0.5) is 0 Å². The molecule has 2 N–H and O–H groups in total. The molecule has 0 saturated carbocycles. The van der Waals surface area contributed by atoms with Gasteiger partial charge in [-0.15, -0.1) is 0 Å². The highest BCUT2D eigenvalue weighted by Crippen LogP contribution is 2.13. The number of aromatic nitrogens is 2. The molecule has 1 aromatic heterocycles. The van der Waals surface area contributed by atoms with Gasteiger partial charge in [-0.3, -0.25) is 9.59 Å². The van der Waals surface area contributed by atoms with Crippen molar-refractivity contribution in [1.82, 2.24) is 20.4 Å². The number of hydrogen-bond acceptors (Lipinski definition) is 4. The minimum Gasteiger partial charge on any atom is -0.351 e. The Kier molecular flexibility index (Phi) is 6.53. The summed E-state index contributed by atoms with van der Waals surface area (Å²) >= 11 is 0. The quantitative estimate of drug-likeness (QED) is 0.746. The maximum atomic E-state index is 12.7. The summed E-state index contributed by atoms with van der Waals surface area (Å²) in [5.41, 5.74) is 0.221. The van der Waals surface area contributed by atoms with Gasteiger partial charge in [0.15, 0.2) is 5.69 Å². The van der Waals surface area contributed by atoms with Crippen molar-refractivity contribution in [3.63, 3.8) is 0 Å². The van der Waals surface area contributed by atoms with Crippen LogP contribution in [0.3, 0.4) is 0 Å². The van der Waals surface area contributed by atoms with Crippen LogP contribution in [-0.2, 0) is 6.54 Å². The molecule has 0 bridgehead atoms. The van der Waals surface area contributed by atoms with Crippen molar-refractivity contribution >= 4 is 16.7 Å². The molecule has 1 aromatic carbocycles. The lowest BCUT2D eigenvalue weighted by Gasteiger charge is -2.20. The van der Waals surface area contributed by atoms with Crippen LogP contribution >= 0.6 is 0 Å². The Morgan fingerprint density at radius 3 is 2.42 bits per heavy atom. The first kappa shape index (κ1) is 20.1. The van der Waals surface area contributed by atoms with Crippen LogP contribution in [0.1, 0.15) is 51.5 Å². The average molecular weight is 358 g/mol. The molecule has 0 saturated heterocycles. The minimum absolute atomic E-state index is 0.0636. The van der Waals surface area contributed by atoms with Crippen LogP contribution in [-0.4, -0.2) is 34.3 Å². The largest absolute Gasteiger partial charge is 0.351 e. The molecule has 1 amide bonds. The molecule has 6 nitrogen and oxygen atoms in total. The lowest BCUT2D eigenvalue weighted by Crippen LogP contribution is -2.38. The summed E-state index contributed by atoms with van der Waals surface area (Å²) in [6, 6.07) is 7.16. The normalized spacial score (nSPS) is 11.9. The Balaban J connectivity index is 2.18. The molecule has 6 heteroatoms. The van der Waals surface area contributed by atoms with Gasteiger partial charge in [-0.2, -0.15) is 5.10 Å². The minimum atomic E-state index is -0.241. The Labute approximate surface area is 155 Å². The molecule has 142 valence electrons. The maximum absolute atomic E-state index is 12.7. The van der Waals surface area contributed by atoms with E-state index in [1.807, 2.05) is 26.0 Å². The molecule has 0 aliphatic carbocycles. The lowest BCUT2D eigenvalue weighted by atomic mass is 10.1. The standard InChI is InChI=1S/C20H30N4O2/c1-14(2)13-24-19(26)16-10-7-6-9-15(16)17(23-24)18(25)21-11-8-12-22-20(3,4)5/h6-7,9-10,14,22H,8,11-13H2,1-5H3,(H,21,25). The molecule has 0 aliphatic rings. The second-order valence-electron chi connectivity index (χ2n) is 8.06. The van der Waals surface area contributed by atoms with Crippen molar-refractivity contribution in [2.75, 3.05) is 13.1 Å². The zero-order valence-electron chi connectivity index (χ0n) is 16.4. The van der Waals surface area contributed by atoms with Gasteiger partial charge in [0.25, 0.3) is 11.5 Å². The van der Waals surface area contributed by atoms with Crippen LogP contribution in [0.25, 0.3) is 10.8 Å². The fraction of sp³-hybridized carbons (Fsp3) is 0.550. The van der Waals surface area contributed by atoms with Gasteiger partial charge in [-0.25, -0.2) is 4.68 Å². The molecule has 1 heterocycles. The van der Waals surface area contributed by atoms with E-state index in [1.165, 1.54) is 4.68 Å². The first-order valence-electron chi connectivity index (χ1n) is 9.22. The Morgan fingerprint density at radius 1 is 1.15 bits per heavy atom. The number of hydrogen-bond donors (Lipinski definition) is 2. The highest BCUT2D eigenvalue weighted by Gasteiger charge is 2.17. The Hall–Kier alpha value is -2.21. The number of carbonyl (C=O) groups is 1. The van der Waals surface area contributed by atoms with Crippen LogP contribution < -0.4 is 16.2 Å². The van der Waals surface area contributed by atoms with Crippen molar-refractivity contribution in [1.29, 1.82) is 0 Å². The summed E-state index contributed by atoms with van der Waals surface area (Å²) in [4.78, 5) is 25.3. The highest BCUT2D eigenvalue weighted by atomic mass is 16.2. The summed E-state index contributed by atoms with van der Waals surface area (Å²) in [5.74, 6) is 0.0233. The maximum Gasteiger partial charge on any atom is 0.274 e. The SMILES string of the molecule is CC(C)Cn1nc(C(=O)NCCCNC(C)(C)C)c2ccccc2c1=O. The van der Waals surface area contributed by atoms with Crippen molar-refractivity contribution in [3.05, 3.63) is 40.3 Å². The fourth-order valence-corrected chi connectivity index (χ4v) is 2.71. The monoisotopic (exact) mass is 358 g/mol. The smallest absolute Gasteiger partial charge is 0.274 e. The summed E-state index contributed by atoms with van der Waals surface area (Å²) in [5, 5.41) is 11.8. The topological polar surface area (TPSA) is 76.0 Å². The zero-order chi connectivity index (χ0) is 19.3. The zero-order valence-corrected chi connectivity index (χ0v) is 16.4. The van der Waals surface area contributed by atoms with Crippen molar-refractivity contribution in [2.24, 2.45) is 5.92 Å². The Morgan fingerprint density at radius 2 is 1.81 bits per heavy atom. The van der Waals surface area contributed by atoms with Gasteiger partial charge in [0.1, 0.15) is 0 Å². The highest BCUT2D eigenvalue weighted by molar-refractivity contribution is 6.04. The van der Waals surface area contributed by atoms with E-state index in [4.69, 9.17) is 0 Å². The molecule has 0 unspecified atom stereocenters. The van der Waals surface area contributed by atoms with Crippen LogP contribution in [0.5, 0.6) is 0 Å². The lowest BCUT2D eigenvalue weighted by molar-refractivity contribution is 0.0947. The van der Waals surface area contributed by atoms with E-state index in [9.17, 15) is 9.59 Å². The number of fused-ring (bicyclic) bond motifs is 1. The van der Waals surface area contributed by atoms with E-state index in [2.05, 4.69) is 36.5 Å². The van der Waals surface area contributed by atoms with E-state index < -0.39 is 0 Å². The van der Waals surface area contributed by atoms with Crippen LogP contribution in [0.2, 0.25) is 0 Å². The van der Waals surface area contributed by atoms with E-state index in [-0.39, 0.29) is 22.9 Å². The number of benzene rings is 1. The van der Waals surface area contributed by atoms with Gasteiger partial charge in [0, 0.05) is 24.0 Å². The number of carbonyl (C=O) groups excluding carboxylic acids is 1. The molecule has 0 radical (unpaired) electrons. The van der Waals surface area contributed by atoms with Gasteiger partial charge >= 0.3 is 0 Å². The predicted molar refractivity (Wildman–Crippen MR) is 106 cm³/mol. The summed E-state index contributed by atoms with van der Waals surface area (Å²) < 4.78 is 1.41. The first-order valence-corrected chi connectivity index (χ1v) is 9.22. The van der Waals surface area contributed by atoms with Crippen molar-refractivity contribution in [3.8, 4) is 0 Å². The van der Waals surface area contributed by atoms with Gasteiger partial charge in [0.2, 0.25) is 0 Å². The van der Waals surface area contributed by atoms with Gasteiger partial charge in [-0.1, -0.05) is 32.0 Å². The third-order valence-electron chi connectivity index (χ3n) is 3.92. The van der Waals surface area contributed by atoms with Crippen molar-refractivity contribution in [2.45, 2.75) is 53.1 Å². The number of rotatable bonds is 7. The van der Waals surface area contributed by atoms with Gasteiger partial charge < -0.3 is 10.6 Å². The van der Waals surface area contributed by atoms with E-state index in [1.54, 1.807) is 12.1 Å². The van der Waals surface area contributed by atoms with Gasteiger partial charge in [0.05, 0.1) is 5.39 Å². The molecule has 0 atom stereocenters. The van der Waals surface area contributed by atoms with E-state index >= 15 is 0 Å². The first-order chi connectivity index (χ1) is 12.2. The number of nitrogens with zero attached hydrogens (tertiary/aromatic N) is 2. The van der Waals surface area contributed by atoms with Gasteiger partial charge in [-0.05, 0) is 45.7 Å². The van der Waals surface area contributed by atoms with Crippen LogP contribution in [0, 0.1) is 5.92 Å². The van der Waals surface area contributed by atoms with E-state index in [0.29, 0.717) is 29.6 Å². The Bertz CT molecular complexity index is 819. The molecule has 2 aromatic rings. The molecule has 2 rings (SSSR count). The second kappa shape index (κ2) is 8.45. The number of amides is 1. The fourth-order valence-electron chi connectivity index (χ4n) is 2.71. The van der Waals surface area contributed by atoms with Crippen LogP contribution in [0.15, 0.2) is 29.1 Å². The summed E-state index contributed by atoms with van der Waals surface area (Å²) in [6.45, 7) is 12.2. The average Bonchev–Trinajstić information content (AvgIpc) is 2.55. The molecular weight excluding hydrogens is 328 g/mol. The number of nitrogens with one attached hydrogen (secondary N) is 2. The molecule has 0 aliphatic heterocycles. The predicted octanol–water partition coefficient (Wildman–Crippen LogP) is 2.56. The van der Waals surface area contributed by atoms with Crippen molar-refractivity contribution < 1.29 is 4.79 Å². The molecule has 0 fully saturated rings. The summed E-state index contributed by atoms with van der Waals surface area (Å²) in [7, 11) is 0. The molecule has 0 spiro atoms. The third-order valence-corrected chi connectivity index (χ3v) is 3.92. The molecular formula is C20H30N4O2. The second-order valence-corrected chi connectivity index (χ2v) is 8.06. The molecule has 26 heavy (non-hydrogen) atoms. The summed E-state index contributed by atoms with van der Waals surface area (Å²) in [6.07, 6.45) is 0.826. The van der Waals surface area contributed by atoms with E-state index in [0.717, 1.165) is 13.0 Å².